The average molecular weight is 1950 g/mol. The minimum Gasteiger partial charge on any atom is -0.744 e. The molecule has 0 aliphatic carbocycles. The Hall–Kier alpha value is -13.9. The summed E-state index contributed by atoms with van der Waals surface area (Å²) in [6, 6.07) is 51.2. The molecule has 14 rings (SSSR count). The molecule has 12 heterocycles. The van der Waals surface area contributed by atoms with Crippen molar-refractivity contribution in [3.63, 3.8) is 0 Å². The first-order chi connectivity index (χ1) is 50.2. The minimum absolute atomic E-state index is 0. The van der Waals surface area contributed by atoms with Crippen molar-refractivity contribution in [2.45, 2.75) is 9.79 Å². The van der Waals surface area contributed by atoms with E-state index < -0.39 is 76.2 Å². The van der Waals surface area contributed by atoms with Crippen LogP contribution < -0.4 is 30.4 Å². The molecule has 14 aromatic rings. The first kappa shape index (κ1) is 162. The molecule has 2 radical (unpaired) electrons. The molecule has 718 valence electrons. The maximum atomic E-state index is 10.6. The van der Waals surface area contributed by atoms with Crippen molar-refractivity contribution in [1.29, 1.82) is 0 Å². The SMILES string of the molecule is O.O.O.O.O.O.O.O.O.O.O.O.O.O.O.O.O.O.O.O.O.O=C([O-])c1cc(C(=O)[O-])cc(S(=O)(=O)[O-])c1.O=C([O-])c1cc(C(=O)[O-])cc(S(=O)(=O)[O-])c1.[Mn].[Mn].[OH3+].[OH3+].c1cc(-c2cc[nH+]cc2)ccn1.c1cc(-c2cc[nH+]cc2)ccn1.c1cc(-c2ccncc2)ccn1.c1cc(-c2ccncc2)ccn1.c1cc(-c2ccncc2)ccn1.c1cc(-c2ccncc2)ccn1. The maximum absolute atomic E-state index is 10.6. The van der Waals surface area contributed by atoms with E-state index in [0.29, 0.717) is 36.4 Å². The van der Waals surface area contributed by atoms with Gasteiger partial charge in [0.25, 0.3) is 0 Å². The van der Waals surface area contributed by atoms with Crippen molar-refractivity contribution in [3.8, 4) is 66.8 Å². The average Bonchev–Trinajstić information content (AvgIpc) is 0.819. The predicted octanol–water partition coefficient (Wildman–Crippen LogP) is -12.8. The fourth-order valence-corrected chi connectivity index (χ4v) is 9.65. The number of aromatic amines is 2. The van der Waals surface area contributed by atoms with Gasteiger partial charge in [0.1, 0.15) is 20.2 Å². The summed E-state index contributed by atoms with van der Waals surface area (Å²) < 4.78 is 63.6. The number of hydrogen-bond acceptors (Lipinski definition) is 24. The van der Waals surface area contributed by atoms with Crippen LogP contribution in [0.2, 0.25) is 0 Å². The zero-order valence-electron chi connectivity index (χ0n) is 66.6. The molecule has 2 aromatic carbocycles. The molecule has 0 saturated heterocycles. The normalized spacial score (nSPS) is 8.14. The molecular formula is C76H104Mn2N12O37S2-2. The van der Waals surface area contributed by atoms with Crippen molar-refractivity contribution in [1.82, 2.24) is 49.8 Å². The van der Waals surface area contributed by atoms with Gasteiger partial charge in [-0.05, 0) is 247 Å². The topological polar surface area (TPSA) is 1160 Å². The first-order valence-electron chi connectivity index (χ1n) is 30.3. The molecule has 53 heteroatoms. The second kappa shape index (κ2) is 86.2. The smallest absolute Gasteiger partial charge is 0.167 e. The molecule has 0 amide bonds. The van der Waals surface area contributed by atoms with Gasteiger partial charge in [-0.2, -0.15) is 0 Å². The number of nitrogens with zero attached hydrogens (tertiary/aromatic N) is 10. The van der Waals surface area contributed by atoms with E-state index in [-0.39, 0.29) is 160 Å². The Labute approximate surface area is 755 Å². The second-order valence-corrected chi connectivity index (χ2v) is 23.2. The van der Waals surface area contributed by atoms with Crippen molar-refractivity contribution >= 4 is 44.1 Å². The van der Waals surface area contributed by atoms with Crippen molar-refractivity contribution in [3.05, 3.63) is 353 Å². The number of hydrogen-bond donors (Lipinski definition) is 0. The number of nitrogens with one attached hydrogen (secondary N) is 2. The number of carboxylic acids is 4. The van der Waals surface area contributed by atoms with Crippen LogP contribution in [-0.2, 0) is 65.3 Å². The van der Waals surface area contributed by atoms with Crippen LogP contribution >= 0.6 is 0 Å². The number of benzene rings is 2. The Balaban J connectivity index is -0.0000000615. The molecular weight excluding hydrogens is 1850 g/mol. The number of aromatic nitrogens is 12. The quantitative estimate of drug-likeness (QED) is 0.0622. The molecule has 0 aliphatic rings. The number of carbonyl (C=O) groups excluding carboxylic acids is 4. The van der Waals surface area contributed by atoms with E-state index >= 15 is 0 Å². The van der Waals surface area contributed by atoms with Gasteiger partial charge in [0.15, 0.2) is 24.8 Å². The van der Waals surface area contributed by atoms with Crippen LogP contribution in [0.3, 0.4) is 0 Å². The third-order valence-corrected chi connectivity index (χ3v) is 15.2. The van der Waals surface area contributed by atoms with Crippen LogP contribution in [0.25, 0.3) is 66.8 Å². The summed E-state index contributed by atoms with van der Waals surface area (Å²) in [5.74, 6) is -7.19. The van der Waals surface area contributed by atoms with Gasteiger partial charge < -0.3 is 175 Å². The molecule has 0 fully saturated rings. The maximum Gasteiger partial charge on any atom is 0.167 e. The first-order valence-corrected chi connectivity index (χ1v) is 33.1. The minimum atomic E-state index is -4.95. The molecule has 0 saturated carbocycles. The zero-order chi connectivity index (χ0) is 74.4. The molecule has 0 atom stereocenters. The summed E-state index contributed by atoms with van der Waals surface area (Å²) in [5.41, 5.74) is 11.3. The van der Waals surface area contributed by atoms with Crippen LogP contribution in [0.4, 0.5) is 0 Å². The van der Waals surface area contributed by atoms with Gasteiger partial charge in [0.2, 0.25) is 0 Å². The Morgan fingerprint density at radius 2 is 0.302 bits per heavy atom. The molecule has 0 spiro atoms. The zero-order valence-corrected chi connectivity index (χ0v) is 70.6. The molecule has 50 N–H and O–H groups in total. The number of H-pyrrole nitrogens is 2. The van der Waals surface area contributed by atoms with E-state index in [2.05, 4.69) is 59.8 Å². The van der Waals surface area contributed by atoms with Gasteiger partial charge in [-0.25, -0.2) is 26.8 Å². The number of carbonyl (C=O) groups is 4. The van der Waals surface area contributed by atoms with Crippen molar-refractivity contribution in [2.75, 3.05) is 0 Å². The standard InChI is InChI=1S/6C10H8N2.2C8H6O7S.2Mn.23H2O/c6*1-5-11-6-2-9(1)10-3-7-12-8-4-10;2*9-7(10)4-1-5(8(11)12)3-6(2-4)16(13,14)15;;;;;;;;;;;;;;;;;;;;;;;;;/h6*1-8H;2*1-3H,(H,9,10)(H,11,12)(H,13,14,15);;;23*1H2/p-2. The number of pyridine rings is 12. The van der Waals surface area contributed by atoms with Gasteiger partial charge in [-0.15, -0.1) is 0 Å². The van der Waals surface area contributed by atoms with Gasteiger partial charge in [-0.3, -0.25) is 49.8 Å². The van der Waals surface area contributed by atoms with E-state index in [1.807, 2.05) is 170 Å². The third-order valence-electron chi connectivity index (χ3n) is 13.6. The van der Waals surface area contributed by atoms with Gasteiger partial charge in [0.05, 0.1) is 33.7 Å². The van der Waals surface area contributed by atoms with E-state index in [0.717, 1.165) is 0 Å². The monoisotopic (exact) mass is 1950 g/mol. The molecule has 0 unspecified atom stereocenters. The van der Waals surface area contributed by atoms with Crippen molar-refractivity contribution < 1.29 is 236 Å². The van der Waals surface area contributed by atoms with Gasteiger partial charge in [0, 0.05) is 182 Å². The number of rotatable bonds is 12. The summed E-state index contributed by atoms with van der Waals surface area (Å²) in [5, 5.41) is 41.7. The van der Waals surface area contributed by atoms with Gasteiger partial charge >= 0.3 is 0 Å². The predicted molar refractivity (Wildman–Crippen MR) is 454 cm³/mol. The summed E-state index contributed by atoms with van der Waals surface area (Å²) in [4.78, 5) is 85.3. The second-order valence-electron chi connectivity index (χ2n) is 20.5. The van der Waals surface area contributed by atoms with Crippen LogP contribution in [-0.4, -0.2) is 215 Å². The molecule has 12 aromatic heterocycles. The number of carboxylic acid groups (broad SMARTS) is 4. The Morgan fingerprint density at radius 3 is 0.395 bits per heavy atom. The Kier molecular flexibility index (Phi) is 108. The van der Waals surface area contributed by atoms with Crippen LogP contribution in [0.5, 0.6) is 0 Å². The molecule has 49 nitrogen and oxygen atoms in total. The summed E-state index contributed by atoms with van der Waals surface area (Å²) in [7, 11) is -9.89. The van der Waals surface area contributed by atoms with Gasteiger partial charge in [-0.1, -0.05) is 0 Å². The summed E-state index contributed by atoms with van der Waals surface area (Å²) in [6.45, 7) is 0. The Bertz CT molecular complexity index is 4260. The van der Waals surface area contributed by atoms with Crippen LogP contribution in [0, 0.1) is 0 Å². The molecule has 0 bridgehead atoms. The van der Waals surface area contributed by atoms with Crippen LogP contribution in [0.1, 0.15) is 41.4 Å². The Morgan fingerprint density at radius 1 is 0.202 bits per heavy atom. The fourth-order valence-electron chi connectivity index (χ4n) is 8.56. The van der Waals surface area contributed by atoms with Crippen molar-refractivity contribution in [2.24, 2.45) is 0 Å². The molecule has 0 aliphatic heterocycles. The third kappa shape index (κ3) is 57.3. The van der Waals surface area contributed by atoms with Crippen LogP contribution in [0.15, 0.2) is 341 Å². The van der Waals surface area contributed by atoms with E-state index in [9.17, 15) is 65.5 Å². The molecule has 129 heavy (non-hydrogen) atoms. The van der Waals surface area contributed by atoms with E-state index in [1.165, 1.54) is 66.8 Å². The van der Waals surface area contributed by atoms with E-state index in [1.54, 1.807) is 124 Å². The van der Waals surface area contributed by atoms with E-state index in [4.69, 9.17) is 0 Å². The summed E-state index contributed by atoms with van der Waals surface area (Å²) in [6.07, 6.45) is 43.4. The fraction of sp³-hybridized carbons (Fsp3) is 0. The number of aromatic carboxylic acids is 4. The summed E-state index contributed by atoms with van der Waals surface area (Å²) >= 11 is 0. The largest absolute Gasteiger partial charge is 0.744 e.